The molecule has 0 aliphatic carbocycles. The lowest BCUT2D eigenvalue weighted by Crippen LogP contribution is -2.12. The van der Waals surface area contributed by atoms with Gasteiger partial charge in [0.05, 0.1) is 12.9 Å². The largest absolute Gasteiger partial charge is 0.462 e. The molecule has 0 aromatic carbocycles. The fourth-order valence-electron chi connectivity index (χ4n) is 1.46. The van der Waals surface area contributed by atoms with Gasteiger partial charge in [0.1, 0.15) is 0 Å². The zero-order valence-corrected chi connectivity index (χ0v) is 12.1. The number of unbranched alkanes of at least 4 members (excludes halogenated alkanes) is 1. The lowest BCUT2D eigenvalue weighted by molar-refractivity contribution is -0.139. The summed E-state index contributed by atoms with van der Waals surface area (Å²) >= 11 is 0. The van der Waals surface area contributed by atoms with E-state index in [1.807, 2.05) is 0 Å². The summed E-state index contributed by atoms with van der Waals surface area (Å²) in [6.45, 7) is 6.03. The van der Waals surface area contributed by atoms with Gasteiger partial charge in [-0.3, -0.25) is 4.79 Å². The van der Waals surface area contributed by atoms with Crippen molar-refractivity contribution in [3.63, 3.8) is 0 Å². The van der Waals surface area contributed by atoms with Crippen LogP contribution < -0.4 is 0 Å². The van der Waals surface area contributed by atoms with E-state index in [0.717, 1.165) is 25.7 Å². The van der Waals surface area contributed by atoms with E-state index >= 15 is 0 Å². The molecule has 0 saturated heterocycles. The predicted molar refractivity (Wildman–Crippen MR) is 74.3 cm³/mol. The Morgan fingerprint density at radius 2 is 1.95 bits per heavy atom. The SMILES string of the molecule is CCCCC(CC)COC(=O)/C=C/C=C/OC(C)=O. The van der Waals surface area contributed by atoms with Gasteiger partial charge in [0, 0.05) is 13.0 Å². The Labute approximate surface area is 115 Å². The summed E-state index contributed by atoms with van der Waals surface area (Å²) in [5, 5.41) is 0. The maximum Gasteiger partial charge on any atom is 0.330 e. The van der Waals surface area contributed by atoms with Crippen molar-refractivity contribution in [3.05, 3.63) is 24.5 Å². The molecule has 4 nitrogen and oxygen atoms in total. The lowest BCUT2D eigenvalue weighted by atomic mass is 10.0. The van der Waals surface area contributed by atoms with Crippen molar-refractivity contribution in [1.82, 2.24) is 0 Å². The summed E-state index contributed by atoms with van der Waals surface area (Å²) in [5.41, 5.74) is 0. The Morgan fingerprint density at radius 1 is 1.21 bits per heavy atom. The Hall–Kier alpha value is -1.58. The monoisotopic (exact) mass is 268 g/mol. The Morgan fingerprint density at radius 3 is 2.53 bits per heavy atom. The van der Waals surface area contributed by atoms with Crippen LogP contribution in [0.15, 0.2) is 24.5 Å². The van der Waals surface area contributed by atoms with Crippen LogP contribution in [-0.4, -0.2) is 18.5 Å². The highest BCUT2D eigenvalue weighted by Gasteiger charge is 2.07. The van der Waals surface area contributed by atoms with Crippen LogP contribution in [0.25, 0.3) is 0 Å². The predicted octanol–water partition coefficient (Wildman–Crippen LogP) is 3.38. The van der Waals surface area contributed by atoms with Crippen LogP contribution in [-0.2, 0) is 19.1 Å². The maximum absolute atomic E-state index is 11.4. The minimum absolute atomic E-state index is 0.373. The number of ether oxygens (including phenoxy) is 2. The first kappa shape index (κ1) is 17.4. The number of rotatable bonds is 9. The van der Waals surface area contributed by atoms with E-state index in [-0.39, 0.29) is 5.97 Å². The Bertz CT molecular complexity index is 318. The first-order chi connectivity index (χ1) is 9.10. The van der Waals surface area contributed by atoms with E-state index in [4.69, 9.17) is 4.74 Å². The average Bonchev–Trinajstić information content (AvgIpc) is 2.38. The number of carbonyl (C=O) groups excluding carboxylic acids is 2. The molecule has 0 fully saturated rings. The van der Waals surface area contributed by atoms with Gasteiger partial charge in [-0.15, -0.1) is 0 Å². The smallest absolute Gasteiger partial charge is 0.330 e. The third kappa shape index (κ3) is 11.3. The normalized spacial score (nSPS) is 12.8. The molecule has 0 aromatic rings. The number of hydrogen-bond donors (Lipinski definition) is 0. The molecule has 108 valence electrons. The molecule has 0 spiro atoms. The fourth-order valence-corrected chi connectivity index (χ4v) is 1.46. The minimum atomic E-state index is -0.395. The van der Waals surface area contributed by atoms with Gasteiger partial charge in [-0.2, -0.15) is 0 Å². The van der Waals surface area contributed by atoms with E-state index in [2.05, 4.69) is 18.6 Å². The van der Waals surface area contributed by atoms with Gasteiger partial charge in [0.15, 0.2) is 0 Å². The molecule has 1 unspecified atom stereocenters. The quantitative estimate of drug-likeness (QED) is 0.278. The summed E-state index contributed by atoms with van der Waals surface area (Å²) in [6, 6.07) is 0. The third-order valence-electron chi connectivity index (χ3n) is 2.66. The minimum Gasteiger partial charge on any atom is -0.462 e. The van der Waals surface area contributed by atoms with Crippen molar-refractivity contribution < 1.29 is 19.1 Å². The van der Waals surface area contributed by atoms with Crippen molar-refractivity contribution >= 4 is 11.9 Å². The molecule has 0 radical (unpaired) electrons. The highest BCUT2D eigenvalue weighted by molar-refractivity contribution is 5.82. The molecular weight excluding hydrogens is 244 g/mol. The molecule has 4 heteroatoms. The van der Waals surface area contributed by atoms with E-state index in [9.17, 15) is 9.59 Å². The van der Waals surface area contributed by atoms with Gasteiger partial charge in [0.2, 0.25) is 0 Å². The molecule has 0 rings (SSSR count). The second-order valence-electron chi connectivity index (χ2n) is 4.34. The number of allylic oxidation sites excluding steroid dienone is 2. The molecule has 1 atom stereocenters. The molecule has 0 aliphatic heterocycles. The van der Waals surface area contributed by atoms with Crippen LogP contribution in [0.1, 0.15) is 46.5 Å². The van der Waals surface area contributed by atoms with Crippen LogP contribution in [0.3, 0.4) is 0 Å². The Balaban J connectivity index is 3.86. The van der Waals surface area contributed by atoms with Gasteiger partial charge in [-0.25, -0.2) is 4.79 Å². The molecule has 0 saturated carbocycles. The summed E-state index contributed by atoms with van der Waals surface area (Å²) in [4.78, 5) is 21.8. The molecule has 0 bridgehead atoms. The molecule has 19 heavy (non-hydrogen) atoms. The zero-order valence-electron chi connectivity index (χ0n) is 12.1. The van der Waals surface area contributed by atoms with E-state index in [1.54, 1.807) is 0 Å². The van der Waals surface area contributed by atoms with Crippen molar-refractivity contribution in [3.8, 4) is 0 Å². The van der Waals surface area contributed by atoms with Gasteiger partial charge < -0.3 is 9.47 Å². The van der Waals surface area contributed by atoms with E-state index in [0.29, 0.717) is 12.5 Å². The number of carbonyl (C=O) groups is 2. The Kier molecular flexibility index (Phi) is 10.6. The van der Waals surface area contributed by atoms with Crippen molar-refractivity contribution in [1.29, 1.82) is 0 Å². The maximum atomic E-state index is 11.4. The zero-order chi connectivity index (χ0) is 14.5. The van der Waals surface area contributed by atoms with E-state index in [1.165, 1.54) is 31.4 Å². The molecule has 0 aromatic heterocycles. The van der Waals surface area contributed by atoms with Crippen LogP contribution in [0.4, 0.5) is 0 Å². The fraction of sp³-hybridized carbons (Fsp3) is 0.600. The van der Waals surface area contributed by atoms with Gasteiger partial charge >= 0.3 is 11.9 Å². The summed E-state index contributed by atoms with van der Waals surface area (Å²) < 4.78 is 9.71. The first-order valence-corrected chi connectivity index (χ1v) is 6.77. The highest BCUT2D eigenvalue weighted by atomic mass is 16.5. The summed E-state index contributed by atoms with van der Waals surface area (Å²) in [7, 11) is 0. The van der Waals surface area contributed by atoms with Crippen LogP contribution in [0.5, 0.6) is 0 Å². The molecule has 0 amide bonds. The number of hydrogen-bond acceptors (Lipinski definition) is 4. The van der Waals surface area contributed by atoms with Crippen LogP contribution in [0.2, 0.25) is 0 Å². The van der Waals surface area contributed by atoms with Gasteiger partial charge in [-0.05, 0) is 18.4 Å². The second kappa shape index (κ2) is 11.5. The number of esters is 2. The van der Waals surface area contributed by atoms with Crippen LogP contribution >= 0.6 is 0 Å². The average molecular weight is 268 g/mol. The van der Waals surface area contributed by atoms with Crippen molar-refractivity contribution in [2.75, 3.05) is 6.61 Å². The molecular formula is C15H24O4. The van der Waals surface area contributed by atoms with Crippen molar-refractivity contribution in [2.24, 2.45) is 5.92 Å². The second-order valence-corrected chi connectivity index (χ2v) is 4.34. The van der Waals surface area contributed by atoms with Gasteiger partial charge in [0.25, 0.3) is 0 Å². The molecule has 0 aliphatic rings. The lowest BCUT2D eigenvalue weighted by Gasteiger charge is -2.13. The van der Waals surface area contributed by atoms with E-state index < -0.39 is 5.97 Å². The van der Waals surface area contributed by atoms with Crippen LogP contribution in [0, 0.1) is 5.92 Å². The highest BCUT2D eigenvalue weighted by Crippen LogP contribution is 2.12. The first-order valence-electron chi connectivity index (χ1n) is 6.77. The molecule has 0 N–H and O–H groups in total. The topological polar surface area (TPSA) is 52.6 Å². The standard InChI is InChI=1S/C15H24O4/c1-4-6-9-14(5-2)12-19-15(17)10-7-8-11-18-13(3)16/h7-8,10-11,14H,4-6,9,12H2,1-3H3/b10-7+,11-8+. The summed E-state index contributed by atoms with van der Waals surface area (Å²) in [6.07, 6.45) is 9.92. The van der Waals surface area contributed by atoms with Gasteiger partial charge in [-0.1, -0.05) is 39.2 Å². The third-order valence-corrected chi connectivity index (χ3v) is 2.66. The summed E-state index contributed by atoms with van der Waals surface area (Å²) in [5.74, 6) is -0.328. The molecule has 0 heterocycles. The van der Waals surface area contributed by atoms with Crippen molar-refractivity contribution in [2.45, 2.75) is 46.5 Å².